The molecule has 0 spiro atoms. The van der Waals surface area contributed by atoms with E-state index in [-0.39, 0.29) is 43.4 Å². The van der Waals surface area contributed by atoms with Gasteiger partial charge in [-0.1, -0.05) is 35.9 Å². The highest BCUT2D eigenvalue weighted by atomic mass is 35.5. The Labute approximate surface area is 175 Å². The smallest absolute Gasteiger partial charge is 0.338 e. The van der Waals surface area contributed by atoms with Crippen LogP contribution in [0.2, 0.25) is 5.02 Å². The number of hydrogen-bond donors (Lipinski definition) is 0. The maximum Gasteiger partial charge on any atom is 0.417 e. The molecule has 154 valence electrons. The Bertz CT molecular complexity index is 899. The molecule has 0 N–H and O–H groups in total. The molecule has 9 heteroatoms. The van der Waals surface area contributed by atoms with Gasteiger partial charge in [-0.3, -0.25) is 9.59 Å². The molecule has 2 amide bonds. The highest BCUT2D eigenvalue weighted by molar-refractivity contribution is 8.00. The van der Waals surface area contributed by atoms with Crippen molar-refractivity contribution in [1.29, 1.82) is 0 Å². The Kier molecular flexibility index (Phi) is 6.74. The van der Waals surface area contributed by atoms with Gasteiger partial charge in [0.15, 0.2) is 0 Å². The molecule has 0 saturated carbocycles. The van der Waals surface area contributed by atoms with Crippen LogP contribution in [-0.2, 0) is 11.0 Å². The SMILES string of the molecule is O=C(CSc1ccccc1Cl)N1CCN(C(=O)c2ccccc2C(F)(F)F)CC1. The fourth-order valence-corrected chi connectivity index (χ4v) is 4.18. The van der Waals surface area contributed by atoms with Gasteiger partial charge in [-0.15, -0.1) is 11.8 Å². The second-order valence-corrected chi connectivity index (χ2v) is 7.86. The average molecular weight is 443 g/mol. The summed E-state index contributed by atoms with van der Waals surface area (Å²) in [5.41, 5.74) is -1.31. The molecule has 0 unspecified atom stereocenters. The molecule has 4 nitrogen and oxygen atoms in total. The van der Waals surface area contributed by atoms with Crippen LogP contribution in [0.25, 0.3) is 0 Å². The van der Waals surface area contributed by atoms with E-state index in [1.807, 2.05) is 12.1 Å². The molecule has 2 aromatic carbocycles. The predicted molar refractivity (Wildman–Crippen MR) is 106 cm³/mol. The Morgan fingerprint density at radius 3 is 2.17 bits per heavy atom. The summed E-state index contributed by atoms with van der Waals surface area (Å²) >= 11 is 7.41. The Morgan fingerprint density at radius 1 is 0.931 bits per heavy atom. The monoisotopic (exact) mass is 442 g/mol. The van der Waals surface area contributed by atoms with E-state index in [4.69, 9.17) is 11.6 Å². The van der Waals surface area contributed by atoms with Crippen LogP contribution < -0.4 is 0 Å². The van der Waals surface area contributed by atoms with Gasteiger partial charge in [0, 0.05) is 31.1 Å². The number of nitrogens with zero attached hydrogens (tertiary/aromatic N) is 2. The van der Waals surface area contributed by atoms with Crippen molar-refractivity contribution in [2.24, 2.45) is 0 Å². The van der Waals surface area contributed by atoms with Crippen LogP contribution >= 0.6 is 23.4 Å². The van der Waals surface area contributed by atoms with Gasteiger partial charge in [0.25, 0.3) is 5.91 Å². The summed E-state index contributed by atoms with van der Waals surface area (Å²) < 4.78 is 39.5. The third-order valence-electron chi connectivity index (χ3n) is 4.57. The Hall–Kier alpha value is -2.19. The van der Waals surface area contributed by atoms with Gasteiger partial charge in [0.1, 0.15) is 0 Å². The standard InChI is InChI=1S/C20H18ClF3N2O2S/c21-16-7-3-4-8-17(16)29-13-18(27)25-9-11-26(12-10-25)19(28)14-5-1-2-6-15(14)20(22,23)24/h1-8H,9-13H2. The lowest BCUT2D eigenvalue weighted by Gasteiger charge is -2.35. The van der Waals surface area contributed by atoms with E-state index >= 15 is 0 Å². The fraction of sp³-hybridized carbons (Fsp3) is 0.300. The first-order chi connectivity index (χ1) is 13.8. The van der Waals surface area contributed by atoms with Gasteiger partial charge in [-0.05, 0) is 24.3 Å². The van der Waals surface area contributed by atoms with Crippen LogP contribution in [0.4, 0.5) is 13.2 Å². The third kappa shape index (κ3) is 5.25. The molecule has 1 saturated heterocycles. The summed E-state index contributed by atoms with van der Waals surface area (Å²) in [5, 5.41) is 0.573. The average Bonchev–Trinajstić information content (AvgIpc) is 2.72. The summed E-state index contributed by atoms with van der Waals surface area (Å²) in [7, 11) is 0. The number of carbonyl (C=O) groups is 2. The first-order valence-corrected chi connectivity index (χ1v) is 10.2. The summed E-state index contributed by atoms with van der Waals surface area (Å²) in [6.45, 7) is 0.935. The van der Waals surface area contributed by atoms with E-state index in [0.29, 0.717) is 5.02 Å². The van der Waals surface area contributed by atoms with Gasteiger partial charge in [0.2, 0.25) is 5.91 Å². The van der Waals surface area contributed by atoms with Crippen molar-refractivity contribution in [3.63, 3.8) is 0 Å². The summed E-state index contributed by atoms with van der Waals surface area (Å²) in [5.74, 6) is -0.567. The lowest BCUT2D eigenvalue weighted by Crippen LogP contribution is -2.51. The fourth-order valence-electron chi connectivity index (χ4n) is 3.04. The number of hydrogen-bond acceptors (Lipinski definition) is 3. The third-order valence-corrected chi connectivity index (χ3v) is 6.07. The molecule has 0 radical (unpaired) electrons. The molecule has 0 bridgehead atoms. The number of piperazine rings is 1. The predicted octanol–water partition coefficient (Wildman–Crippen LogP) is 4.44. The molecule has 1 heterocycles. The van der Waals surface area contributed by atoms with Crippen molar-refractivity contribution in [3.8, 4) is 0 Å². The first-order valence-electron chi connectivity index (χ1n) is 8.88. The first kappa shape index (κ1) is 21.5. The number of benzene rings is 2. The highest BCUT2D eigenvalue weighted by Crippen LogP contribution is 2.32. The van der Waals surface area contributed by atoms with Crippen LogP contribution in [0.3, 0.4) is 0 Å². The normalized spacial score (nSPS) is 14.8. The zero-order chi connectivity index (χ0) is 21.0. The minimum absolute atomic E-state index is 0.0993. The number of thioether (sulfide) groups is 1. The van der Waals surface area contributed by atoms with E-state index in [0.717, 1.165) is 11.0 Å². The van der Waals surface area contributed by atoms with Crippen LogP contribution in [0, 0.1) is 0 Å². The molecular formula is C20H18ClF3N2O2S. The largest absolute Gasteiger partial charge is 0.417 e. The summed E-state index contributed by atoms with van der Waals surface area (Å²) in [4.78, 5) is 28.8. The minimum Gasteiger partial charge on any atom is -0.338 e. The molecular weight excluding hydrogens is 425 g/mol. The zero-order valence-electron chi connectivity index (χ0n) is 15.3. The van der Waals surface area contributed by atoms with Crippen molar-refractivity contribution < 1.29 is 22.8 Å². The molecule has 3 rings (SSSR count). The lowest BCUT2D eigenvalue weighted by atomic mass is 10.1. The second-order valence-electron chi connectivity index (χ2n) is 6.44. The van der Waals surface area contributed by atoms with Gasteiger partial charge in [-0.2, -0.15) is 13.2 Å². The molecule has 0 atom stereocenters. The van der Waals surface area contributed by atoms with Crippen LogP contribution in [0.5, 0.6) is 0 Å². The van der Waals surface area contributed by atoms with E-state index < -0.39 is 17.6 Å². The number of halogens is 4. The van der Waals surface area contributed by atoms with Crippen LogP contribution in [0.15, 0.2) is 53.4 Å². The maximum absolute atomic E-state index is 13.2. The molecule has 1 fully saturated rings. The maximum atomic E-state index is 13.2. The van der Waals surface area contributed by atoms with Crippen LogP contribution in [-0.4, -0.2) is 53.5 Å². The van der Waals surface area contributed by atoms with Crippen LogP contribution in [0.1, 0.15) is 15.9 Å². The number of amides is 2. The van der Waals surface area contributed by atoms with E-state index in [1.54, 1.807) is 17.0 Å². The number of carbonyl (C=O) groups excluding carboxylic acids is 2. The second kappa shape index (κ2) is 9.09. The molecule has 1 aliphatic heterocycles. The molecule has 29 heavy (non-hydrogen) atoms. The van der Waals surface area contributed by atoms with E-state index in [9.17, 15) is 22.8 Å². The van der Waals surface area contributed by atoms with Crippen molar-refractivity contribution >= 4 is 35.2 Å². The van der Waals surface area contributed by atoms with E-state index in [1.165, 1.54) is 34.9 Å². The highest BCUT2D eigenvalue weighted by Gasteiger charge is 2.36. The summed E-state index contributed by atoms with van der Waals surface area (Å²) in [6.07, 6.45) is -4.60. The van der Waals surface area contributed by atoms with Crippen molar-refractivity contribution in [3.05, 3.63) is 64.7 Å². The lowest BCUT2D eigenvalue weighted by molar-refractivity contribution is -0.138. The molecule has 1 aliphatic rings. The Morgan fingerprint density at radius 2 is 1.52 bits per heavy atom. The van der Waals surface area contributed by atoms with Crippen molar-refractivity contribution in [1.82, 2.24) is 9.80 Å². The molecule has 0 aliphatic carbocycles. The zero-order valence-corrected chi connectivity index (χ0v) is 16.9. The summed E-state index contributed by atoms with van der Waals surface area (Å²) in [6, 6.07) is 12.0. The van der Waals surface area contributed by atoms with Crippen molar-refractivity contribution in [2.45, 2.75) is 11.1 Å². The molecule has 0 aromatic heterocycles. The Balaban J connectivity index is 1.57. The quantitative estimate of drug-likeness (QED) is 0.657. The van der Waals surface area contributed by atoms with Gasteiger partial charge < -0.3 is 9.80 Å². The van der Waals surface area contributed by atoms with Gasteiger partial charge >= 0.3 is 6.18 Å². The van der Waals surface area contributed by atoms with Crippen molar-refractivity contribution in [2.75, 3.05) is 31.9 Å². The number of rotatable bonds is 4. The number of alkyl halides is 3. The van der Waals surface area contributed by atoms with Gasteiger partial charge in [-0.25, -0.2) is 0 Å². The van der Waals surface area contributed by atoms with Gasteiger partial charge in [0.05, 0.1) is 21.9 Å². The van der Waals surface area contributed by atoms with E-state index in [2.05, 4.69) is 0 Å². The minimum atomic E-state index is -4.60. The topological polar surface area (TPSA) is 40.6 Å². The molecule has 2 aromatic rings.